The zero-order valence-electron chi connectivity index (χ0n) is 10.5. The molecule has 1 heterocycles. The van der Waals surface area contributed by atoms with Gasteiger partial charge < -0.3 is 10.2 Å². The average molecular weight is 242 g/mol. The molecule has 0 unspecified atom stereocenters. The molecule has 0 aromatic carbocycles. The van der Waals surface area contributed by atoms with Gasteiger partial charge in [0.15, 0.2) is 0 Å². The third-order valence-electron chi connectivity index (χ3n) is 2.31. The Balaban J connectivity index is 2.31. The first-order valence-corrected chi connectivity index (χ1v) is 6.79. The molecule has 0 aliphatic carbocycles. The summed E-state index contributed by atoms with van der Waals surface area (Å²) in [7, 11) is 2.07. The normalized spacial score (nSPS) is 10.7. The van der Waals surface area contributed by atoms with Crippen molar-refractivity contribution in [3.8, 4) is 0 Å². The molecular formula is C11H22N4S. The monoisotopic (exact) mass is 242 g/mol. The summed E-state index contributed by atoms with van der Waals surface area (Å²) in [5, 5.41) is 4.41. The zero-order chi connectivity index (χ0) is 11.8. The van der Waals surface area contributed by atoms with Crippen LogP contribution in [0.15, 0.2) is 0 Å². The Hall–Kier alpha value is -0.680. The summed E-state index contributed by atoms with van der Waals surface area (Å²) in [6.45, 7) is 7.41. The Morgan fingerprint density at radius 3 is 2.75 bits per heavy atom. The lowest BCUT2D eigenvalue weighted by Crippen LogP contribution is -2.29. The molecule has 0 saturated heterocycles. The van der Waals surface area contributed by atoms with Crippen LogP contribution in [-0.4, -0.2) is 36.0 Å². The number of hydrogen-bond acceptors (Lipinski definition) is 5. The summed E-state index contributed by atoms with van der Waals surface area (Å²) < 4.78 is 4.34. The first-order valence-electron chi connectivity index (χ1n) is 6.02. The van der Waals surface area contributed by atoms with Crippen LogP contribution in [0.5, 0.6) is 0 Å². The molecule has 92 valence electrons. The molecule has 1 aromatic heterocycles. The fourth-order valence-electron chi connectivity index (χ4n) is 1.37. The van der Waals surface area contributed by atoms with Crippen molar-refractivity contribution in [3.63, 3.8) is 0 Å². The van der Waals surface area contributed by atoms with Gasteiger partial charge in [0.1, 0.15) is 5.82 Å². The predicted molar refractivity (Wildman–Crippen MR) is 70.3 cm³/mol. The van der Waals surface area contributed by atoms with Gasteiger partial charge in [-0.3, -0.25) is 0 Å². The van der Waals surface area contributed by atoms with E-state index in [-0.39, 0.29) is 0 Å². The molecular weight excluding hydrogens is 220 g/mol. The highest BCUT2D eigenvalue weighted by molar-refractivity contribution is 7.09. The van der Waals surface area contributed by atoms with Crippen LogP contribution in [0.2, 0.25) is 0 Å². The number of aryl methyl sites for hydroxylation is 1. The quantitative estimate of drug-likeness (QED) is 0.707. The van der Waals surface area contributed by atoms with Crippen molar-refractivity contribution in [2.75, 3.05) is 31.6 Å². The molecule has 0 aliphatic rings. The van der Waals surface area contributed by atoms with Gasteiger partial charge in [-0.1, -0.05) is 13.8 Å². The Labute approximate surface area is 102 Å². The second-order valence-corrected chi connectivity index (χ2v) is 4.65. The number of rotatable bonds is 8. The van der Waals surface area contributed by atoms with Crippen molar-refractivity contribution in [3.05, 3.63) is 5.82 Å². The molecule has 1 N–H and O–H groups in total. The van der Waals surface area contributed by atoms with E-state index in [4.69, 9.17) is 0 Å². The summed E-state index contributed by atoms with van der Waals surface area (Å²) >= 11 is 1.50. The predicted octanol–water partition coefficient (Wildman–Crippen LogP) is 1.93. The summed E-state index contributed by atoms with van der Waals surface area (Å²) in [5.41, 5.74) is 0. The third-order valence-corrected chi connectivity index (χ3v) is 3.18. The minimum atomic E-state index is 0.982. The highest BCUT2D eigenvalue weighted by atomic mass is 32.1. The minimum absolute atomic E-state index is 0.982. The van der Waals surface area contributed by atoms with E-state index in [1.54, 1.807) is 0 Å². The highest BCUT2D eigenvalue weighted by Crippen LogP contribution is 2.15. The second-order valence-electron chi connectivity index (χ2n) is 3.91. The Morgan fingerprint density at radius 1 is 1.25 bits per heavy atom. The lowest BCUT2D eigenvalue weighted by atomic mass is 10.3. The SMILES string of the molecule is CCCNCCN(C)c1nc(CCC)ns1. The van der Waals surface area contributed by atoms with Crippen LogP contribution in [0.25, 0.3) is 0 Å². The second kappa shape index (κ2) is 7.57. The van der Waals surface area contributed by atoms with E-state index >= 15 is 0 Å². The first-order chi connectivity index (χ1) is 7.77. The number of hydrogen-bond donors (Lipinski definition) is 1. The van der Waals surface area contributed by atoms with Gasteiger partial charge in [-0.25, -0.2) is 4.98 Å². The van der Waals surface area contributed by atoms with Gasteiger partial charge in [0.25, 0.3) is 0 Å². The van der Waals surface area contributed by atoms with Crippen molar-refractivity contribution < 1.29 is 0 Å². The topological polar surface area (TPSA) is 41.0 Å². The molecule has 4 nitrogen and oxygen atoms in total. The standard InChI is InChI=1S/C11H22N4S/c1-4-6-10-13-11(16-14-10)15(3)9-8-12-7-5-2/h12H,4-9H2,1-3H3. The number of anilines is 1. The van der Waals surface area contributed by atoms with Gasteiger partial charge in [0, 0.05) is 38.1 Å². The molecule has 0 atom stereocenters. The Morgan fingerprint density at radius 2 is 2.06 bits per heavy atom. The van der Waals surface area contributed by atoms with Crippen LogP contribution in [-0.2, 0) is 6.42 Å². The summed E-state index contributed by atoms with van der Waals surface area (Å²) in [6, 6.07) is 0. The number of likely N-dealkylation sites (N-methyl/N-ethyl adjacent to an activating group) is 1. The largest absolute Gasteiger partial charge is 0.349 e. The maximum absolute atomic E-state index is 4.50. The van der Waals surface area contributed by atoms with E-state index in [1.165, 1.54) is 18.0 Å². The first kappa shape index (κ1) is 13.4. The lowest BCUT2D eigenvalue weighted by molar-refractivity contribution is 0.665. The van der Waals surface area contributed by atoms with Gasteiger partial charge >= 0.3 is 0 Å². The van der Waals surface area contributed by atoms with Crippen LogP contribution in [0, 0.1) is 0 Å². The van der Waals surface area contributed by atoms with E-state index in [0.717, 1.165) is 43.4 Å². The van der Waals surface area contributed by atoms with Crippen LogP contribution in [0.4, 0.5) is 5.13 Å². The molecule has 0 aliphatic heterocycles. The van der Waals surface area contributed by atoms with Gasteiger partial charge in [0.05, 0.1) is 0 Å². The van der Waals surface area contributed by atoms with Gasteiger partial charge in [0.2, 0.25) is 5.13 Å². The smallest absolute Gasteiger partial charge is 0.204 e. The Kier molecular flexibility index (Phi) is 6.33. The molecule has 16 heavy (non-hydrogen) atoms. The lowest BCUT2D eigenvalue weighted by Gasteiger charge is -2.14. The van der Waals surface area contributed by atoms with Gasteiger partial charge in [-0.05, 0) is 19.4 Å². The Bertz CT molecular complexity index is 287. The molecule has 5 heteroatoms. The number of aromatic nitrogens is 2. The molecule has 0 radical (unpaired) electrons. The highest BCUT2D eigenvalue weighted by Gasteiger charge is 2.07. The average Bonchev–Trinajstić information content (AvgIpc) is 2.73. The zero-order valence-corrected chi connectivity index (χ0v) is 11.3. The fourth-order valence-corrected chi connectivity index (χ4v) is 2.07. The number of nitrogens with zero attached hydrogens (tertiary/aromatic N) is 3. The van der Waals surface area contributed by atoms with Crippen molar-refractivity contribution in [1.29, 1.82) is 0 Å². The summed E-state index contributed by atoms with van der Waals surface area (Å²) in [5.74, 6) is 0.982. The van der Waals surface area contributed by atoms with Crippen LogP contribution in [0.3, 0.4) is 0 Å². The van der Waals surface area contributed by atoms with Gasteiger partial charge in [-0.2, -0.15) is 4.37 Å². The molecule has 1 rings (SSSR count). The number of nitrogens with one attached hydrogen (secondary N) is 1. The maximum Gasteiger partial charge on any atom is 0.204 e. The van der Waals surface area contributed by atoms with E-state index < -0.39 is 0 Å². The minimum Gasteiger partial charge on any atom is -0.349 e. The van der Waals surface area contributed by atoms with Crippen molar-refractivity contribution in [2.24, 2.45) is 0 Å². The van der Waals surface area contributed by atoms with E-state index in [2.05, 4.69) is 40.5 Å². The third kappa shape index (κ3) is 4.45. The van der Waals surface area contributed by atoms with E-state index in [0.29, 0.717) is 0 Å². The molecule has 0 amide bonds. The van der Waals surface area contributed by atoms with E-state index in [1.807, 2.05) is 0 Å². The van der Waals surface area contributed by atoms with Crippen LogP contribution < -0.4 is 10.2 Å². The maximum atomic E-state index is 4.50. The van der Waals surface area contributed by atoms with Crippen molar-refractivity contribution in [2.45, 2.75) is 33.1 Å². The molecule has 0 saturated carbocycles. The molecule has 1 aromatic rings. The van der Waals surface area contributed by atoms with Crippen molar-refractivity contribution in [1.82, 2.24) is 14.7 Å². The fraction of sp³-hybridized carbons (Fsp3) is 0.818. The molecule has 0 bridgehead atoms. The summed E-state index contributed by atoms with van der Waals surface area (Å²) in [6.07, 6.45) is 3.28. The molecule has 0 spiro atoms. The summed E-state index contributed by atoms with van der Waals surface area (Å²) in [4.78, 5) is 6.67. The molecule has 0 fully saturated rings. The van der Waals surface area contributed by atoms with Gasteiger partial charge in [-0.15, -0.1) is 0 Å². The van der Waals surface area contributed by atoms with E-state index in [9.17, 15) is 0 Å². The van der Waals surface area contributed by atoms with Crippen molar-refractivity contribution >= 4 is 16.7 Å². The van der Waals surface area contributed by atoms with Crippen LogP contribution in [0.1, 0.15) is 32.5 Å². The van der Waals surface area contributed by atoms with Crippen LogP contribution >= 0.6 is 11.5 Å².